The number of carbonyl (C=O) groups is 1. The van der Waals surface area contributed by atoms with Gasteiger partial charge in [0.15, 0.2) is 0 Å². The maximum atomic E-state index is 10.9. The highest BCUT2D eigenvalue weighted by atomic mass is 16.5. The Kier molecular flexibility index (Phi) is 2.31. The van der Waals surface area contributed by atoms with E-state index in [1.165, 1.54) is 12.1 Å². The van der Waals surface area contributed by atoms with Crippen LogP contribution >= 0.6 is 0 Å². The molecule has 4 nitrogen and oxygen atoms in total. The molecule has 1 unspecified atom stereocenters. The normalized spacial score (nSPS) is 16.4. The fraction of sp³-hybridized carbons (Fsp3) is 0.0714. The number of rotatable bonds is 1. The first kappa shape index (κ1) is 10.8. The summed E-state index contributed by atoms with van der Waals surface area (Å²) in [5.74, 6) is 0.0654. The van der Waals surface area contributed by atoms with Crippen molar-refractivity contribution in [1.29, 1.82) is 0 Å². The Morgan fingerprint density at radius 3 is 2.56 bits per heavy atom. The molecule has 90 valence electrons. The molecule has 0 bridgehead atoms. The number of fused-ring (bicyclic) bond motifs is 2. The van der Waals surface area contributed by atoms with Crippen molar-refractivity contribution in [3.63, 3.8) is 0 Å². The van der Waals surface area contributed by atoms with Gasteiger partial charge in [-0.2, -0.15) is 0 Å². The third kappa shape index (κ3) is 1.55. The van der Waals surface area contributed by atoms with Crippen LogP contribution < -0.4 is 4.74 Å². The van der Waals surface area contributed by atoms with Gasteiger partial charge in [-0.05, 0) is 24.3 Å². The molecule has 2 N–H and O–H groups in total. The standard InChI is InChI=1S/C14H10O4/c15-13-9-3-1-2-4-11(9)18-12-6-5-8(14(16)17)7-10(12)13/h1-7,13,15H,(H,16,17). The molecular weight excluding hydrogens is 232 g/mol. The molecule has 18 heavy (non-hydrogen) atoms. The average molecular weight is 242 g/mol. The van der Waals surface area contributed by atoms with Gasteiger partial charge < -0.3 is 14.9 Å². The Morgan fingerprint density at radius 1 is 1.06 bits per heavy atom. The maximum Gasteiger partial charge on any atom is 0.335 e. The predicted octanol–water partition coefficient (Wildman–Crippen LogP) is 2.57. The largest absolute Gasteiger partial charge is 0.478 e. The number of aliphatic hydroxyl groups excluding tert-OH is 1. The molecule has 4 heteroatoms. The van der Waals surface area contributed by atoms with Crippen LogP contribution in [0.15, 0.2) is 42.5 Å². The van der Waals surface area contributed by atoms with Gasteiger partial charge in [-0.1, -0.05) is 18.2 Å². The Hall–Kier alpha value is -2.33. The van der Waals surface area contributed by atoms with Crippen molar-refractivity contribution in [2.45, 2.75) is 6.10 Å². The van der Waals surface area contributed by atoms with Crippen LogP contribution in [0.5, 0.6) is 11.5 Å². The highest BCUT2D eigenvalue weighted by molar-refractivity contribution is 5.88. The molecule has 0 saturated carbocycles. The SMILES string of the molecule is O=C(O)c1ccc2c(c1)C(O)c1ccccc1O2. The van der Waals surface area contributed by atoms with E-state index < -0.39 is 12.1 Å². The van der Waals surface area contributed by atoms with E-state index in [-0.39, 0.29) is 5.56 Å². The second-order valence-corrected chi connectivity index (χ2v) is 4.10. The van der Waals surface area contributed by atoms with Crippen LogP contribution in [-0.4, -0.2) is 16.2 Å². The number of hydrogen-bond acceptors (Lipinski definition) is 3. The zero-order valence-electron chi connectivity index (χ0n) is 9.33. The minimum Gasteiger partial charge on any atom is -0.478 e. The van der Waals surface area contributed by atoms with E-state index in [9.17, 15) is 9.90 Å². The Morgan fingerprint density at radius 2 is 1.78 bits per heavy atom. The Balaban J connectivity index is 2.14. The zero-order valence-corrected chi connectivity index (χ0v) is 9.33. The van der Waals surface area contributed by atoms with Crippen LogP contribution in [0, 0.1) is 0 Å². The van der Waals surface area contributed by atoms with Gasteiger partial charge in [-0.15, -0.1) is 0 Å². The highest BCUT2D eigenvalue weighted by Crippen LogP contribution is 2.42. The topological polar surface area (TPSA) is 66.8 Å². The molecule has 0 saturated heterocycles. The summed E-state index contributed by atoms with van der Waals surface area (Å²) in [4.78, 5) is 10.9. The first-order chi connectivity index (χ1) is 8.66. The van der Waals surface area contributed by atoms with Crippen molar-refractivity contribution in [1.82, 2.24) is 0 Å². The second-order valence-electron chi connectivity index (χ2n) is 4.10. The summed E-state index contributed by atoms with van der Waals surface area (Å²) < 4.78 is 5.63. The van der Waals surface area contributed by atoms with Crippen LogP contribution in [-0.2, 0) is 0 Å². The number of hydrogen-bond donors (Lipinski definition) is 2. The second kappa shape index (κ2) is 3.85. The van der Waals surface area contributed by atoms with E-state index in [2.05, 4.69) is 0 Å². The first-order valence-corrected chi connectivity index (χ1v) is 5.49. The molecule has 0 aromatic heterocycles. The maximum absolute atomic E-state index is 10.9. The molecule has 2 aromatic rings. The van der Waals surface area contributed by atoms with Crippen molar-refractivity contribution in [3.05, 3.63) is 59.2 Å². The van der Waals surface area contributed by atoms with Gasteiger partial charge in [0, 0.05) is 11.1 Å². The van der Waals surface area contributed by atoms with Gasteiger partial charge in [0.05, 0.1) is 5.56 Å². The lowest BCUT2D eigenvalue weighted by Crippen LogP contribution is -2.10. The summed E-state index contributed by atoms with van der Waals surface area (Å²) in [5, 5.41) is 19.2. The number of ether oxygens (including phenoxy) is 1. The molecule has 0 aliphatic carbocycles. The number of para-hydroxylation sites is 1. The molecule has 2 aromatic carbocycles. The van der Waals surface area contributed by atoms with E-state index >= 15 is 0 Å². The minimum atomic E-state index is -1.02. The van der Waals surface area contributed by atoms with Crippen LogP contribution in [0.3, 0.4) is 0 Å². The van der Waals surface area contributed by atoms with Crippen molar-refractivity contribution >= 4 is 5.97 Å². The lowest BCUT2D eigenvalue weighted by atomic mass is 9.96. The summed E-state index contributed by atoms with van der Waals surface area (Å²) >= 11 is 0. The summed E-state index contributed by atoms with van der Waals surface area (Å²) in [6.07, 6.45) is -0.857. The smallest absolute Gasteiger partial charge is 0.335 e. The number of carboxylic acid groups (broad SMARTS) is 1. The fourth-order valence-corrected chi connectivity index (χ4v) is 2.07. The third-order valence-corrected chi connectivity index (χ3v) is 2.98. The first-order valence-electron chi connectivity index (χ1n) is 5.49. The van der Waals surface area contributed by atoms with E-state index in [0.717, 1.165) is 0 Å². The van der Waals surface area contributed by atoms with Crippen LogP contribution in [0.2, 0.25) is 0 Å². The van der Waals surface area contributed by atoms with Crippen molar-refractivity contribution < 1.29 is 19.7 Å². The van der Waals surface area contributed by atoms with Gasteiger partial charge in [-0.3, -0.25) is 0 Å². The molecule has 1 heterocycles. The number of benzene rings is 2. The molecule has 1 aliphatic rings. The summed E-state index contributed by atoms with van der Waals surface area (Å²) in [6.45, 7) is 0. The lowest BCUT2D eigenvalue weighted by molar-refractivity contribution is 0.0696. The summed E-state index contributed by atoms with van der Waals surface area (Å²) in [5.41, 5.74) is 1.26. The van der Waals surface area contributed by atoms with Crippen molar-refractivity contribution in [2.75, 3.05) is 0 Å². The molecule has 0 fully saturated rings. The van der Waals surface area contributed by atoms with Crippen molar-refractivity contribution in [2.24, 2.45) is 0 Å². The molecule has 0 spiro atoms. The molecule has 0 amide bonds. The quantitative estimate of drug-likeness (QED) is 0.806. The molecule has 0 radical (unpaired) electrons. The average Bonchev–Trinajstić information content (AvgIpc) is 2.38. The van der Waals surface area contributed by atoms with E-state index in [4.69, 9.17) is 9.84 Å². The molecule has 1 atom stereocenters. The number of aliphatic hydroxyl groups is 1. The zero-order chi connectivity index (χ0) is 12.7. The van der Waals surface area contributed by atoms with E-state index in [0.29, 0.717) is 22.6 Å². The number of aromatic carboxylic acids is 1. The molecule has 1 aliphatic heterocycles. The van der Waals surface area contributed by atoms with Crippen LogP contribution in [0.4, 0.5) is 0 Å². The Labute approximate surface area is 103 Å². The van der Waals surface area contributed by atoms with Gasteiger partial charge in [0.2, 0.25) is 0 Å². The number of carboxylic acids is 1. The lowest BCUT2D eigenvalue weighted by Gasteiger charge is -2.24. The van der Waals surface area contributed by atoms with E-state index in [1.54, 1.807) is 24.3 Å². The van der Waals surface area contributed by atoms with Crippen molar-refractivity contribution in [3.8, 4) is 11.5 Å². The fourth-order valence-electron chi connectivity index (χ4n) is 2.07. The van der Waals surface area contributed by atoms with Gasteiger partial charge in [0.1, 0.15) is 17.6 Å². The third-order valence-electron chi connectivity index (χ3n) is 2.98. The predicted molar refractivity (Wildman–Crippen MR) is 64.0 cm³/mol. The summed E-state index contributed by atoms with van der Waals surface area (Å²) in [7, 11) is 0. The van der Waals surface area contributed by atoms with Gasteiger partial charge in [-0.25, -0.2) is 4.79 Å². The highest BCUT2D eigenvalue weighted by Gasteiger charge is 2.25. The Bertz CT molecular complexity index is 633. The van der Waals surface area contributed by atoms with Crippen LogP contribution in [0.25, 0.3) is 0 Å². The molecule has 3 rings (SSSR count). The van der Waals surface area contributed by atoms with Crippen LogP contribution in [0.1, 0.15) is 27.6 Å². The monoisotopic (exact) mass is 242 g/mol. The minimum absolute atomic E-state index is 0.135. The van der Waals surface area contributed by atoms with Gasteiger partial charge in [0.25, 0.3) is 0 Å². The van der Waals surface area contributed by atoms with E-state index in [1.807, 2.05) is 6.07 Å². The van der Waals surface area contributed by atoms with Gasteiger partial charge >= 0.3 is 5.97 Å². The molecular formula is C14H10O4. The summed E-state index contributed by atoms with van der Waals surface area (Å²) in [6, 6.07) is 11.6.